The number of hydrogen-bond donors (Lipinski definition) is 0. The van der Waals surface area contributed by atoms with Gasteiger partial charge in [-0.25, -0.2) is 0 Å². The van der Waals surface area contributed by atoms with E-state index in [0.29, 0.717) is 0 Å². The van der Waals surface area contributed by atoms with Crippen molar-refractivity contribution in [1.82, 2.24) is 0 Å². The summed E-state index contributed by atoms with van der Waals surface area (Å²) in [4.78, 5) is 0. The minimum atomic E-state index is -5.29. The molecule has 0 radical (unpaired) electrons. The molecule has 0 rings (SSSR count). The van der Waals surface area contributed by atoms with E-state index in [1.54, 1.807) is 0 Å². The Balaban J connectivity index is 0. The van der Waals surface area contributed by atoms with Crippen molar-refractivity contribution in [3.8, 4) is 0 Å². The van der Waals surface area contributed by atoms with E-state index in [4.69, 9.17) is 56.5 Å². The van der Waals surface area contributed by atoms with Gasteiger partial charge in [0.1, 0.15) is 0 Å². The number of halogens is 6. The van der Waals surface area contributed by atoms with Gasteiger partial charge in [0.05, 0.1) is 0 Å². The van der Waals surface area contributed by atoms with Crippen LogP contribution in [0.2, 0.25) is 0 Å². The Morgan fingerprint density at radius 2 is 0.625 bits per heavy atom. The second-order valence-corrected chi connectivity index (χ2v) is 49.9. The first kappa shape index (κ1) is 14.6. The SMILES string of the molecule is [Cl][Pt-]([Cl])([Cl])([Cl])([Cl])[Cl].[K+]. The number of hydrogen-bond acceptors (Lipinski definition) is 0. The first-order valence-electron chi connectivity index (χ1n) is 0.717. The summed E-state index contributed by atoms with van der Waals surface area (Å²) in [6, 6.07) is 0. The van der Waals surface area contributed by atoms with Gasteiger partial charge in [-0.2, -0.15) is 0 Å². The van der Waals surface area contributed by atoms with Gasteiger partial charge in [0.15, 0.2) is 0 Å². The minimum absolute atomic E-state index is 0. The molecule has 0 nitrogen and oxygen atoms in total. The summed E-state index contributed by atoms with van der Waals surface area (Å²) >= 11 is 0. The van der Waals surface area contributed by atoms with E-state index in [9.17, 15) is 0 Å². The quantitative estimate of drug-likeness (QED) is 0.490. The summed E-state index contributed by atoms with van der Waals surface area (Å²) in [5.41, 5.74) is 0. The molecule has 0 aliphatic rings. The van der Waals surface area contributed by atoms with Gasteiger partial charge in [-0.15, -0.1) is 0 Å². The van der Waals surface area contributed by atoms with E-state index in [1.165, 1.54) is 0 Å². The molecule has 0 aliphatic carbocycles. The first-order valence-corrected chi connectivity index (χ1v) is 17.6. The maximum absolute atomic E-state index is 5.29. The van der Waals surface area contributed by atoms with E-state index in [0.717, 1.165) is 0 Å². The largest absolute Gasteiger partial charge is 1.00 e. The summed E-state index contributed by atoms with van der Waals surface area (Å²) in [5, 5.41) is 0. The Morgan fingerprint density at radius 1 is 0.625 bits per heavy atom. The van der Waals surface area contributed by atoms with Gasteiger partial charge in [-0.1, -0.05) is 0 Å². The Kier molecular flexibility index (Phi) is 5.62. The van der Waals surface area contributed by atoms with Crippen LogP contribution >= 0.6 is 56.5 Å². The maximum atomic E-state index is 5.05. The van der Waals surface area contributed by atoms with E-state index >= 15 is 0 Å². The predicted octanol–water partition coefficient (Wildman–Crippen LogP) is 1.14. The number of rotatable bonds is 0. The molecule has 0 aromatic rings. The zero-order valence-electron chi connectivity index (χ0n) is 3.58. The third-order valence-electron chi connectivity index (χ3n) is 0. The molecule has 0 N–H and O–H groups in total. The van der Waals surface area contributed by atoms with E-state index in [2.05, 4.69) is 0 Å². The van der Waals surface area contributed by atoms with Crippen molar-refractivity contribution in [3.05, 3.63) is 0 Å². The first-order chi connectivity index (χ1) is 2.45. The normalized spacial score (nSPS) is 20.2. The molecule has 0 spiro atoms. The van der Waals surface area contributed by atoms with Crippen LogP contribution in [0.4, 0.5) is 0 Å². The fourth-order valence-corrected chi connectivity index (χ4v) is 0. The molecule has 0 saturated carbocycles. The van der Waals surface area contributed by atoms with Crippen LogP contribution in [0.15, 0.2) is 0 Å². The van der Waals surface area contributed by atoms with Gasteiger partial charge < -0.3 is 0 Å². The summed E-state index contributed by atoms with van der Waals surface area (Å²) in [5.74, 6) is 0. The fraction of sp³-hybridized carbons (Fsp3) is 0. The molecule has 0 heterocycles. The Bertz CT molecular complexity index is 67.1. The van der Waals surface area contributed by atoms with E-state index in [1.807, 2.05) is 0 Å². The summed E-state index contributed by atoms with van der Waals surface area (Å²) in [6.07, 6.45) is 0. The van der Waals surface area contributed by atoms with Gasteiger partial charge in [0, 0.05) is 0 Å². The van der Waals surface area contributed by atoms with Crippen molar-refractivity contribution < 1.29 is 58.7 Å². The summed E-state index contributed by atoms with van der Waals surface area (Å²) in [6.45, 7) is 0. The van der Waals surface area contributed by atoms with Crippen molar-refractivity contribution in [1.29, 1.82) is 0 Å². The second-order valence-electron chi connectivity index (χ2n) is 0.678. The van der Waals surface area contributed by atoms with E-state index < -0.39 is 7.31 Å². The van der Waals surface area contributed by atoms with Crippen LogP contribution in [0.1, 0.15) is 0 Å². The van der Waals surface area contributed by atoms with Crippen LogP contribution in [0, 0.1) is 0 Å². The minimum Gasteiger partial charge on any atom is 1.00 e. The van der Waals surface area contributed by atoms with Crippen LogP contribution in [0.5, 0.6) is 0 Å². The monoisotopic (exact) mass is 444 g/mol. The van der Waals surface area contributed by atoms with Crippen LogP contribution in [-0.4, -0.2) is 0 Å². The van der Waals surface area contributed by atoms with Crippen molar-refractivity contribution in [2.75, 3.05) is 0 Å². The Labute approximate surface area is 112 Å². The molecule has 0 unspecified atom stereocenters. The third kappa shape index (κ3) is 50.1. The van der Waals surface area contributed by atoms with Crippen LogP contribution in [0.25, 0.3) is 0 Å². The molecular weight excluding hydrogens is 447 g/mol. The van der Waals surface area contributed by atoms with E-state index in [-0.39, 0.29) is 51.4 Å². The Hall–Kier alpha value is 4.06. The molecule has 0 aliphatic heterocycles. The predicted molar refractivity (Wildman–Crippen MR) is 35.1 cm³/mol. The molecule has 0 aromatic heterocycles. The zero-order valence-corrected chi connectivity index (χ0v) is 13.5. The molecule has 0 amide bonds. The van der Waals surface area contributed by atoms with Gasteiger partial charge in [-0.05, 0) is 0 Å². The maximum Gasteiger partial charge on any atom is 1.00 e. The van der Waals surface area contributed by atoms with Crippen molar-refractivity contribution >= 4 is 56.5 Å². The molecule has 53 valence electrons. The Morgan fingerprint density at radius 3 is 0.625 bits per heavy atom. The van der Waals surface area contributed by atoms with Crippen LogP contribution in [-0.2, 0) is 7.31 Å². The van der Waals surface area contributed by atoms with Crippen molar-refractivity contribution in [3.63, 3.8) is 0 Å². The summed E-state index contributed by atoms with van der Waals surface area (Å²) in [7, 11) is 25.0. The second kappa shape index (κ2) is 3.08. The van der Waals surface area contributed by atoms with Crippen molar-refractivity contribution in [2.24, 2.45) is 0 Å². The van der Waals surface area contributed by atoms with Gasteiger partial charge in [0.2, 0.25) is 0 Å². The average molecular weight is 447 g/mol. The molecule has 0 fully saturated rings. The summed E-state index contributed by atoms with van der Waals surface area (Å²) < 4.78 is 0. The molecular formula is Cl6KPt. The molecule has 0 atom stereocenters. The molecule has 8 heteroatoms. The van der Waals surface area contributed by atoms with Gasteiger partial charge in [-0.3, -0.25) is 0 Å². The molecule has 0 aromatic carbocycles. The zero-order chi connectivity index (χ0) is 6.41. The molecule has 0 saturated heterocycles. The van der Waals surface area contributed by atoms with Gasteiger partial charge >= 0.3 is 115 Å². The third-order valence-corrected chi connectivity index (χ3v) is 0. The standard InChI is InChI=1S/6ClH.K.Pt/h6*1H;;/q;;;;;;+1;+5/p-6. The van der Waals surface area contributed by atoms with Crippen LogP contribution in [0.3, 0.4) is 0 Å². The van der Waals surface area contributed by atoms with Gasteiger partial charge in [0.25, 0.3) is 0 Å². The van der Waals surface area contributed by atoms with Crippen molar-refractivity contribution in [2.45, 2.75) is 0 Å². The van der Waals surface area contributed by atoms with Crippen LogP contribution < -0.4 is 51.4 Å². The smallest absolute Gasteiger partial charge is 1.00 e. The molecule has 8 heavy (non-hydrogen) atoms. The average Bonchev–Trinajstić information content (AvgIpc) is 0.592. The topological polar surface area (TPSA) is 0 Å². The molecule has 0 bridgehead atoms. The fourth-order valence-electron chi connectivity index (χ4n) is 0.